The van der Waals surface area contributed by atoms with Gasteiger partial charge in [-0.1, -0.05) is 64.3 Å². The Bertz CT molecular complexity index is 412. The van der Waals surface area contributed by atoms with Crippen molar-refractivity contribution in [2.75, 3.05) is 13.1 Å². The second kappa shape index (κ2) is 8.58. The highest BCUT2D eigenvalue weighted by atomic mass is 14.8. The molecule has 1 aromatic carbocycles. The van der Waals surface area contributed by atoms with E-state index in [1.54, 1.807) is 5.56 Å². The third kappa shape index (κ3) is 4.57. The molecule has 1 fully saturated rings. The average molecular weight is 287 g/mol. The van der Waals surface area contributed by atoms with Crippen LogP contribution in [0.1, 0.15) is 69.9 Å². The molecule has 1 aliphatic carbocycles. The summed E-state index contributed by atoms with van der Waals surface area (Å²) < 4.78 is 0. The van der Waals surface area contributed by atoms with Crippen LogP contribution in [0.2, 0.25) is 0 Å². The Labute approximate surface area is 131 Å². The Balaban J connectivity index is 2.15. The fraction of sp³-hybridized carbons (Fsp3) is 0.700. The van der Waals surface area contributed by atoms with Gasteiger partial charge in [0.2, 0.25) is 0 Å². The minimum atomic E-state index is 0.763. The minimum absolute atomic E-state index is 0.763. The van der Waals surface area contributed by atoms with Gasteiger partial charge >= 0.3 is 0 Å². The highest BCUT2D eigenvalue weighted by Gasteiger charge is 2.30. The Hall–Kier alpha value is -0.820. The van der Waals surface area contributed by atoms with Crippen molar-refractivity contribution in [3.8, 4) is 0 Å². The summed E-state index contributed by atoms with van der Waals surface area (Å²) in [6.45, 7) is 9.13. The summed E-state index contributed by atoms with van der Waals surface area (Å²) in [5, 5.41) is 3.59. The molecule has 0 radical (unpaired) electrons. The van der Waals surface area contributed by atoms with Crippen molar-refractivity contribution < 1.29 is 0 Å². The van der Waals surface area contributed by atoms with E-state index in [9.17, 15) is 0 Å². The van der Waals surface area contributed by atoms with Gasteiger partial charge in [0.25, 0.3) is 0 Å². The van der Waals surface area contributed by atoms with Crippen LogP contribution in [-0.2, 0) is 6.42 Å². The molecule has 21 heavy (non-hydrogen) atoms. The lowest BCUT2D eigenvalue weighted by Crippen LogP contribution is -2.32. The molecule has 1 aliphatic rings. The van der Waals surface area contributed by atoms with Gasteiger partial charge in [0.1, 0.15) is 0 Å². The van der Waals surface area contributed by atoms with E-state index in [0.717, 1.165) is 24.3 Å². The van der Waals surface area contributed by atoms with Gasteiger partial charge < -0.3 is 5.32 Å². The zero-order chi connectivity index (χ0) is 15.1. The van der Waals surface area contributed by atoms with Crippen LogP contribution in [0, 0.1) is 11.8 Å². The van der Waals surface area contributed by atoms with Gasteiger partial charge in [0.15, 0.2) is 0 Å². The second-order valence-corrected chi connectivity index (χ2v) is 6.76. The predicted molar refractivity (Wildman–Crippen MR) is 92.8 cm³/mol. The number of nitrogens with one attached hydrogen (secondary N) is 1. The SMILES string of the molecule is CCCc1cccc(C2CC(CC)CCC2CNCC)c1. The van der Waals surface area contributed by atoms with Gasteiger partial charge in [-0.2, -0.15) is 0 Å². The molecule has 118 valence electrons. The summed E-state index contributed by atoms with van der Waals surface area (Å²) in [5.41, 5.74) is 3.12. The molecule has 0 aromatic heterocycles. The van der Waals surface area contributed by atoms with E-state index in [4.69, 9.17) is 0 Å². The topological polar surface area (TPSA) is 12.0 Å². The Morgan fingerprint density at radius 2 is 2.00 bits per heavy atom. The molecule has 0 bridgehead atoms. The maximum absolute atomic E-state index is 3.59. The van der Waals surface area contributed by atoms with E-state index in [0.29, 0.717) is 0 Å². The van der Waals surface area contributed by atoms with Crippen LogP contribution in [0.25, 0.3) is 0 Å². The lowest BCUT2D eigenvalue weighted by molar-refractivity contribution is 0.226. The molecular weight excluding hydrogens is 254 g/mol. The van der Waals surface area contributed by atoms with Gasteiger partial charge in [-0.3, -0.25) is 0 Å². The molecule has 1 N–H and O–H groups in total. The first-order chi connectivity index (χ1) is 10.3. The molecule has 0 amide bonds. The van der Waals surface area contributed by atoms with E-state index < -0.39 is 0 Å². The van der Waals surface area contributed by atoms with Crippen molar-refractivity contribution >= 4 is 0 Å². The van der Waals surface area contributed by atoms with Crippen LogP contribution in [0.4, 0.5) is 0 Å². The van der Waals surface area contributed by atoms with Crippen LogP contribution in [0.5, 0.6) is 0 Å². The Kier molecular flexibility index (Phi) is 6.76. The lowest BCUT2D eigenvalue weighted by Gasteiger charge is -2.36. The predicted octanol–water partition coefficient (Wildman–Crippen LogP) is 5.16. The third-order valence-electron chi connectivity index (χ3n) is 5.25. The summed E-state index contributed by atoms with van der Waals surface area (Å²) in [6, 6.07) is 9.44. The summed E-state index contributed by atoms with van der Waals surface area (Å²) in [4.78, 5) is 0. The van der Waals surface area contributed by atoms with Gasteiger partial charge in [0.05, 0.1) is 0 Å². The summed E-state index contributed by atoms with van der Waals surface area (Å²) in [6.07, 6.45) is 8.02. The molecule has 3 atom stereocenters. The van der Waals surface area contributed by atoms with E-state index >= 15 is 0 Å². The molecular formula is C20H33N. The van der Waals surface area contributed by atoms with Gasteiger partial charge in [-0.05, 0) is 61.2 Å². The van der Waals surface area contributed by atoms with E-state index in [-0.39, 0.29) is 0 Å². The number of hydrogen-bond acceptors (Lipinski definition) is 1. The fourth-order valence-electron chi connectivity index (χ4n) is 3.94. The molecule has 0 heterocycles. The fourth-order valence-corrected chi connectivity index (χ4v) is 3.94. The Morgan fingerprint density at radius 3 is 2.71 bits per heavy atom. The molecule has 2 rings (SSSR count). The monoisotopic (exact) mass is 287 g/mol. The van der Waals surface area contributed by atoms with E-state index in [1.807, 2.05) is 0 Å². The first-order valence-electron chi connectivity index (χ1n) is 9.07. The maximum Gasteiger partial charge on any atom is -0.00148 e. The van der Waals surface area contributed by atoms with Crippen LogP contribution < -0.4 is 5.32 Å². The summed E-state index contributed by atoms with van der Waals surface area (Å²) in [5.74, 6) is 2.52. The van der Waals surface area contributed by atoms with Gasteiger partial charge in [-0.25, -0.2) is 0 Å². The first-order valence-corrected chi connectivity index (χ1v) is 9.07. The molecule has 1 heteroatoms. The molecule has 0 spiro atoms. The number of hydrogen-bond donors (Lipinski definition) is 1. The van der Waals surface area contributed by atoms with Crippen LogP contribution in [-0.4, -0.2) is 13.1 Å². The number of rotatable bonds is 7. The normalized spacial score (nSPS) is 26.0. The second-order valence-electron chi connectivity index (χ2n) is 6.76. The number of aryl methyl sites for hydroxylation is 1. The zero-order valence-electron chi connectivity index (χ0n) is 14.2. The van der Waals surface area contributed by atoms with Crippen molar-refractivity contribution in [1.82, 2.24) is 5.32 Å². The van der Waals surface area contributed by atoms with Crippen LogP contribution >= 0.6 is 0 Å². The highest BCUT2D eigenvalue weighted by Crippen LogP contribution is 2.41. The molecule has 0 saturated heterocycles. The van der Waals surface area contributed by atoms with Gasteiger partial charge in [0, 0.05) is 0 Å². The minimum Gasteiger partial charge on any atom is -0.317 e. The standard InChI is InChI=1S/C20H33N/c1-4-8-17-9-7-10-18(13-17)20-14-16(5-2)11-12-19(20)15-21-6-3/h7,9-10,13,16,19-21H,4-6,8,11-12,14-15H2,1-3H3. The van der Waals surface area contributed by atoms with Crippen molar-refractivity contribution in [2.45, 2.75) is 65.2 Å². The van der Waals surface area contributed by atoms with Crippen molar-refractivity contribution in [3.63, 3.8) is 0 Å². The van der Waals surface area contributed by atoms with Crippen molar-refractivity contribution in [2.24, 2.45) is 11.8 Å². The smallest absolute Gasteiger partial charge is 0.00148 e. The quantitative estimate of drug-likeness (QED) is 0.730. The lowest BCUT2D eigenvalue weighted by atomic mass is 9.70. The average Bonchev–Trinajstić information content (AvgIpc) is 2.53. The van der Waals surface area contributed by atoms with Gasteiger partial charge in [-0.15, -0.1) is 0 Å². The van der Waals surface area contributed by atoms with E-state index in [2.05, 4.69) is 50.4 Å². The Morgan fingerprint density at radius 1 is 1.14 bits per heavy atom. The molecule has 1 saturated carbocycles. The summed E-state index contributed by atoms with van der Waals surface area (Å²) in [7, 11) is 0. The van der Waals surface area contributed by atoms with Crippen molar-refractivity contribution in [3.05, 3.63) is 35.4 Å². The van der Waals surface area contributed by atoms with Crippen LogP contribution in [0.15, 0.2) is 24.3 Å². The maximum atomic E-state index is 3.59. The largest absolute Gasteiger partial charge is 0.317 e. The molecule has 0 aliphatic heterocycles. The summed E-state index contributed by atoms with van der Waals surface area (Å²) >= 11 is 0. The number of benzene rings is 1. The zero-order valence-corrected chi connectivity index (χ0v) is 14.2. The highest BCUT2D eigenvalue weighted by molar-refractivity contribution is 5.27. The third-order valence-corrected chi connectivity index (χ3v) is 5.25. The van der Waals surface area contributed by atoms with Crippen LogP contribution in [0.3, 0.4) is 0 Å². The first kappa shape index (κ1) is 16.5. The van der Waals surface area contributed by atoms with Crippen molar-refractivity contribution in [1.29, 1.82) is 0 Å². The molecule has 1 aromatic rings. The molecule has 1 nitrogen and oxygen atoms in total. The van der Waals surface area contributed by atoms with E-state index in [1.165, 1.54) is 50.6 Å². The molecule has 3 unspecified atom stereocenters.